The second kappa shape index (κ2) is 5.50. The molecule has 90 valence electrons. The predicted octanol–water partition coefficient (Wildman–Crippen LogP) is 2.24. The highest BCUT2D eigenvalue weighted by Crippen LogP contribution is 2.27. The molecule has 0 aliphatic carbocycles. The number of nitrogens with two attached hydrogens (primary N) is 1. The van der Waals surface area contributed by atoms with E-state index in [-0.39, 0.29) is 0 Å². The van der Waals surface area contributed by atoms with Crippen LogP contribution in [0.15, 0.2) is 35.0 Å². The van der Waals surface area contributed by atoms with Crippen molar-refractivity contribution in [3.8, 4) is 16.9 Å². The van der Waals surface area contributed by atoms with E-state index >= 15 is 0 Å². The Labute approximate surface area is 100 Å². The van der Waals surface area contributed by atoms with Gasteiger partial charge >= 0.3 is 0 Å². The van der Waals surface area contributed by atoms with Crippen molar-refractivity contribution in [1.29, 1.82) is 0 Å². The van der Waals surface area contributed by atoms with Crippen LogP contribution in [-0.4, -0.2) is 18.8 Å². The van der Waals surface area contributed by atoms with Crippen LogP contribution in [0.1, 0.15) is 12.2 Å². The second-order valence-electron chi connectivity index (χ2n) is 3.79. The third-order valence-electron chi connectivity index (χ3n) is 2.63. The van der Waals surface area contributed by atoms with Gasteiger partial charge in [0, 0.05) is 12.0 Å². The van der Waals surface area contributed by atoms with Gasteiger partial charge in [-0.1, -0.05) is 17.3 Å². The van der Waals surface area contributed by atoms with Gasteiger partial charge < -0.3 is 15.0 Å². The molecule has 0 fully saturated rings. The minimum absolute atomic E-state index is 0.651. The van der Waals surface area contributed by atoms with Crippen molar-refractivity contribution in [3.05, 3.63) is 36.2 Å². The fourth-order valence-corrected chi connectivity index (χ4v) is 1.73. The smallest absolute Gasteiger partial charge is 0.144 e. The summed E-state index contributed by atoms with van der Waals surface area (Å²) in [5, 5.41) is 3.85. The molecular weight excluding hydrogens is 216 g/mol. The zero-order valence-electron chi connectivity index (χ0n) is 9.85. The van der Waals surface area contributed by atoms with Crippen molar-refractivity contribution in [2.45, 2.75) is 12.8 Å². The van der Waals surface area contributed by atoms with Crippen molar-refractivity contribution in [2.75, 3.05) is 13.7 Å². The second-order valence-corrected chi connectivity index (χ2v) is 3.79. The SMILES string of the molecule is COc1cccc(-c2cnoc2CCCN)c1. The summed E-state index contributed by atoms with van der Waals surface area (Å²) < 4.78 is 10.5. The first kappa shape index (κ1) is 11.7. The van der Waals surface area contributed by atoms with Gasteiger partial charge in [-0.3, -0.25) is 0 Å². The lowest BCUT2D eigenvalue weighted by molar-refractivity contribution is 0.381. The Balaban J connectivity index is 2.28. The summed E-state index contributed by atoms with van der Waals surface area (Å²) in [5.74, 6) is 1.71. The van der Waals surface area contributed by atoms with E-state index in [1.165, 1.54) is 0 Å². The average Bonchev–Trinajstić information content (AvgIpc) is 2.84. The summed E-state index contributed by atoms with van der Waals surface area (Å²) in [6.45, 7) is 0.651. The number of rotatable bonds is 5. The van der Waals surface area contributed by atoms with Crippen LogP contribution in [0, 0.1) is 0 Å². The van der Waals surface area contributed by atoms with Gasteiger partial charge in [-0.05, 0) is 30.7 Å². The van der Waals surface area contributed by atoms with Crippen LogP contribution in [0.25, 0.3) is 11.1 Å². The Kier molecular flexibility index (Phi) is 3.77. The molecule has 17 heavy (non-hydrogen) atoms. The summed E-state index contributed by atoms with van der Waals surface area (Å²) in [4.78, 5) is 0. The van der Waals surface area contributed by atoms with E-state index in [0.717, 1.165) is 35.5 Å². The molecule has 1 heterocycles. The van der Waals surface area contributed by atoms with Crippen LogP contribution in [0.5, 0.6) is 5.75 Å². The molecule has 2 N–H and O–H groups in total. The fraction of sp³-hybridized carbons (Fsp3) is 0.308. The minimum atomic E-state index is 0.651. The standard InChI is InChI=1S/C13H16N2O2/c1-16-11-5-2-4-10(8-11)12-9-15-17-13(12)6-3-7-14/h2,4-5,8-9H,3,6-7,14H2,1H3. The maximum absolute atomic E-state index is 5.50. The van der Waals surface area contributed by atoms with Gasteiger partial charge in [-0.2, -0.15) is 0 Å². The molecular formula is C13H16N2O2. The molecule has 0 aliphatic heterocycles. The van der Waals surface area contributed by atoms with Gasteiger partial charge in [0.2, 0.25) is 0 Å². The molecule has 2 rings (SSSR count). The van der Waals surface area contributed by atoms with E-state index < -0.39 is 0 Å². The van der Waals surface area contributed by atoms with Crippen molar-refractivity contribution < 1.29 is 9.26 Å². The van der Waals surface area contributed by atoms with Crippen molar-refractivity contribution >= 4 is 0 Å². The van der Waals surface area contributed by atoms with Crippen molar-refractivity contribution in [3.63, 3.8) is 0 Å². The Morgan fingerprint density at radius 1 is 1.41 bits per heavy atom. The Hall–Kier alpha value is -1.81. The van der Waals surface area contributed by atoms with Gasteiger partial charge in [0.25, 0.3) is 0 Å². The first-order chi connectivity index (χ1) is 8.35. The largest absolute Gasteiger partial charge is 0.497 e. The van der Waals surface area contributed by atoms with E-state index in [1.807, 2.05) is 24.3 Å². The summed E-state index contributed by atoms with van der Waals surface area (Å²) in [6.07, 6.45) is 3.44. The summed E-state index contributed by atoms with van der Waals surface area (Å²) in [6, 6.07) is 7.85. The lowest BCUT2D eigenvalue weighted by Gasteiger charge is -2.03. The Morgan fingerprint density at radius 3 is 3.06 bits per heavy atom. The molecule has 0 saturated carbocycles. The van der Waals surface area contributed by atoms with Gasteiger partial charge in [-0.25, -0.2) is 0 Å². The van der Waals surface area contributed by atoms with E-state index in [0.29, 0.717) is 6.54 Å². The normalized spacial score (nSPS) is 10.5. The van der Waals surface area contributed by atoms with Crippen LogP contribution < -0.4 is 10.5 Å². The van der Waals surface area contributed by atoms with Crippen LogP contribution in [0.4, 0.5) is 0 Å². The van der Waals surface area contributed by atoms with Gasteiger partial charge in [0.15, 0.2) is 0 Å². The van der Waals surface area contributed by atoms with E-state index in [2.05, 4.69) is 5.16 Å². The van der Waals surface area contributed by atoms with Crippen molar-refractivity contribution in [2.24, 2.45) is 5.73 Å². The highest BCUT2D eigenvalue weighted by Gasteiger charge is 2.10. The molecule has 0 aliphatic rings. The molecule has 0 unspecified atom stereocenters. The molecule has 0 atom stereocenters. The molecule has 0 spiro atoms. The number of aromatic nitrogens is 1. The van der Waals surface area contributed by atoms with E-state index in [9.17, 15) is 0 Å². The van der Waals surface area contributed by atoms with Gasteiger partial charge in [-0.15, -0.1) is 0 Å². The molecule has 2 aromatic rings. The molecule has 1 aromatic carbocycles. The zero-order chi connectivity index (χ0) is 12.1. The predicted molar refractivity (Wildman–Crippen MR) is 65.9 cm³/mol. The van der Waals surface area contributed by atoms with Crippen LogP contribution >= 0.6 is 0 Å². The summed E-state index contributed by atoms with van der Waals surface area (Å²) >= 11 is 0. The fourth-order valence-electron chi connectivity index (χ4n) is 1.73. The van der Waals surface area contributed by atoms with Crippen LogP contribution in [0.2, 0.25) is 0 Å². The quantitative estimate of drug-likeness (QED) is 0.858. The molecule has 0 saturated heterocycles. The topological polar surface area (TPSA) is 61.3 Å². The van der Waals surface area contributed by atoms with Gasteiger partial charge in [0.1, 0.15) is 11.5 Å². The lowest BCUT2D eigenvalue weighted by atomic mass is 10.0. The highest BCUT2D eigenvalue weighted by molar-refractivity contribution is 5.66. The first-order valence-corrected chi connectivity index (χ1v) is 5.63. The third kappa shape index (κ3) is 2.65. The molecule has 4 heteroatoms. The number of hydrogen-bond donors (Lipinski definition) is 1. The van der Waals surface area contributed by atoms with Gasteiger partial charge in [0.05, 0.1) is 13.3 Å². The Morgan fingerprint density at radius 2 is 2.29 bits per heavy atom. The zero-order valence-corrected chi connectivity index (χ0v) is 9.85. The Bertz CT molecular complexity index is 480. The van der Waals surface area contributed by atoms with E-state index in [4.69, 9.17) is 15.0 Å². The molecule has 0 radical (unpaired) electrons. The summed E-state index contributed by atoms with van der Waals surface area (Å²) in [5.41, 5.74) is 7.56. The number of nitrogens with zero attached hydrogens (tertiary/aromatic N) is 1. The number of ether oxygens (including phenoxy) is 1. The molecule has 1 aromatic heterocycles. The monoisotopic (exact) mass is 232 g/mol. The number of hydrogen-bond acceptors (Lipinski definition) is 4. The summed E-state index contributed by atoms with van der Waals surface area (Å²) in [7, 11) is 1.65. The maximum atomic E-state index is 5.50. The van der Waals surface area contributed by atoms with Crippen LogP contribution in [-0.2, 0) is 6.42 Å². The highest BCUT2D eigenvalue weighted by atomic mass is 16.5. The average molecular weight is 232 g/mol. The number of aryl methyl sites for hydroxylation is 1. The first-order valence-electron chi connectivity index (χ1n) is 5.63. The van der Waals surface area contributed by atoms with E-state index in [1.54, 1.807) is 13.3 Å². The number of methoxy groups -OCH3 is 1. The maximum Gasteiger partial charge on any atom is 0.144 e. The molecule has 0 amide bonds. The van der Waals surface area contributed by atoms with Crippen molar-refractivity contribution in [1.82, 2.24) is 5.16 Å². The lowest BCUT2D eigenvalue weighted by Crippen LogP contribution is -2.00. The third-order valence-corrected chi connectivity index (χ3v) is 2.63. The van der Waals surface area contributed by atoms with Crippen LogP contribution in [0.3, 0.4) is 0 Å². The number of benzene rings is 1. The molecule has 0 bridgehead atoms. The molecule has 4 nitrogen and oxygen atoms in total. The minimum Gasteiger partial charge on any atom is -0.497 e.